The van der Waals surface area contributed by atoms with E-state index in [9.17, 15) is 9.50 Å². The lowest BCUT2D eigenvalue weighted by Crippen LogP contribution is -2.22. The van der Waals surface area contributed by atoms with Crippen LogP contribution in [0.25, 0.3) is 0 Å². The first-order valence-corrected chi connectivity index (χ1v) is 7.12. The largest absolute Gasteiger partial charge is 0.490 e. The average molecular weight is 283 g/mol. The Morgan fingerprint density at radius 1 is 1.35 bits per heavy atom. The number of aliphatic hydroxyl groups is 1. The summed E-state index contributed by atoms with van der Waals surface area (Å²) < 4.78 is 19.2. The first-order chi connectivity index (χ1) is 9.28. The quantitative estimate of drug-likeness (QED) is 0.770. The van der Waals surface area contributed by atoms with Crippen molar-refractivity contribution in [2.75, 3.05) is 13.2 Å². The minimum absolute atomic E-state index is 0.238. The van der Waals surface area contributed by atoms with Gasteiger partial charge in [-0.05, 0) is 44.0 Å². The summed E-state index contributed by atoms with van der Waals surface area (Å²) in [5.74, 6) is 0.454. The highest BCUT2D eigenvalue weighted by atomic mass is 19.1. The van der Waals surface area contributed by atoms with E-state index in [1.165, 1.54) is 6.07 Å². The Morgan fingerprint density at radius 2 is 2.05 bits per heavy atom. The SMILES string of the molecule is CC(C)CNCc1ccc(OCCC(C)(C)O)c(F)c1. The van der Waals surface area contributed by atoms with E-state index in [0.717, 1.165) is 12.1 Å². The predicted octanol–water partition coefficient (Wildman–Crippen LogP) is 3.11. The zero-order valence-electron chi connectivity index (χ0n) is 12.9. The third-order valence-corrected chi connectivity index (χ3v) is 2.85. The summed E-state index contributed by atoms with van der Waals surface area (Å²) in [7, 11) is 0. The molecule has 20 heavy (non-hydrogen) atoms. The second-order valence-corrected chi connectivity index (χ2v) is 6.20. The molecule has 0 saturated heterocycles. The lowest BCUT2D eigenvalue weighted by molar-refractivity contribution is 0.0547. The van der Waals surface area contributed by atoms with Crippen LogP contribution in [0, 0.1) is 11.7 Å². The fraction of sp³-hybridized carbons (Fsp3) is 0.625. The van der Waals surface area contributed by atoms with E-state index in [4.69, 9.17) is 4.74 Å². The van der Waals surface area contributed by atoms with Gasteiger partial charge >= 0.3 is 0 Å². The minimum Gasteiger partial charge on any atom is -0.490 e. The topological polar surface area (TPSA) is 41.5 Å². The maximum absolute atomic E-state index is 13.8. The Bertz CT molecular complexity index is 413. The number of hydrogen-bond acceptors (Lipinski definition) is 3. The van der Waals surface area contributed by atoms with Crippen molar-refractivity contribution < 1.29 is 14.2 Å². The molecule has 1 aromatic rings. The summed E-state index contributed by atoms with van der Waals surface area (Å²) >= 11 is 0. The van der Waals surface area contributed by atoms with Gasteiger partial charge in [-0.15, -0.1) is 0 Å². The summed E-state index contributed by atoms with van der Waals surface area (Å²) in [5, 5.41) is 12.8. The molecule has 0 amide bonds. The Hall–Kier alpha value is -1.13. The van der Waals surface area contributed by atoms with Crippen molar-refractivity contribution in [3.63, 3.8) is 0 Å². The maximum Gasteiger partial charge on any atom is 0.165 e. The molecule has 2 N–H and O–H groups in total. The van der Waals surface area contributed by atoms with E-state index in [-0.39, 0.29) is 11.6 Å². The second-order valence-electron chi connectivity index (χ2n) is 6.20. The molecule has 4 heteroatoms. The van der Waals surface area contributed by atoms with Crippen LogP contribution in [-0.2, 0) is 6.54 Å². The van der Waals surface area contributed by atoms with Crippen molar-refractivity contribution in [2.24, 2.45) is 5.92 Å². The van der Waals surface area contributed by atoms with Crippen molar-refractivity contribution in [3.8, 4) is 5.75 Å². The fourth-order valence-corrected chi connectivity index (χ4v) is 1.69. The fourth-order valence-electron chi connectivity index (χ4n) is 1.69. The molecule has 0 aromatic heterocycles. The van der Waals surface area contributed by atoms with Gasteiger partial charge in [0.1, 0.15) is 0 Å². The van der Waals surface area contributed by atoms with Crippen LogP contribution in [0.4, 0.5) is 4.39 Å². The van der Waals surface area contributed by atoms with Gasteiger partial charge in [-0.3, -0.25) is 0 Å². The van der Waals surface area contributed by atoms with Crippen molar-refractivity contribution >= 4 is 0 Å². The minimum atomic E-state index is -0.794. The zero-order chi connectivity index (χ0) is 15.2. The van der Waals surface area contributed by atoms with Crippen molar-refractivity contribution in [2.45, 2.75) is 46.3 Å². The summed E-state index contributed by atoms with van der Waals surface area (Å²) in [5.41, 5.74) is 0.106. The van der Waals surface area contributed by atoms with Gasteiger partial charge in [0.15, 0.2) is 11.6 Å². The van der Waals surface area contributed by atoms with Gasteiger partial charge in [0.2, 0.25) is 0 Å². The normalized spacial score (nSPS) is 11.9. The van der Waals surface area contributed by atoms with Gasteiger partial charge in [0.05, 0.1) is 12.2 Å². The van der Waals surface area contributed by atoms with Crippen LogP contribution in [0.1, 0.15) is 39.7 Å². The molecule has 0 saturated carbocycles. The molecular formula is C16H26FNO2. The van der Waals surface area contributed by atoms with Crippen LogP contribution in [0.2, 0.25) is 0 Å². The van der Waals surface area contributed by atoms with Gasteiger partial charge in [0.25, 0.3) is 0 Å². The van der Waals surface area contributed by atoms with Gasteiger partial charge < -0.3 is 15.2 Å². The molecular weight excluding hydrogens is 257 g/mol. The lowest BCUT2D eigenvalue weighted by atomic mass is 10.1. The highest BCUT2D eigenvalue weighted by Crippen LogP contribution is 2.19. The first-order valence-electron chi connectivity index (χ1n) is 7.12. The Morgan fingerprint density at radius 3 is 2.60 bits per heavy atom. The van der Waals surface area contributed by atoms with Crippen LogP contribution in [0.15, 0.2) is 18.2 Å². The molecule has 3 nitrogen and oxygen atoms in total. The van der Waals surface area contributed by atoms with Crippen LogP contribution >= 0.6 is 0 Å². The molecule has 0 radical (unpaired) electrons. The van der Waals surface area contributed by atoms with E-state index < -0.39 is 5.60 Å². The summed E-state index contributed by atoms with van der Waals surface area (Å²) in [6.07, 6.45) is 0.462. The monoisotopic (exact) mass is 283 g/mol. The molecule has 1 aromatic carbocycles. The summed E-state index contributed by atoms with van der Waals surface area (Å²) in [6, 6.07) is 4.99. The number of nitrogens with one attached hydrogen (secondary N) is 1. The Kier molecular flexibility index (Phi) is 6.43. The van der Waals surface area contributed by atoms with Crippen LogP contribution in [0.5, 0.6) is 5.75 Å². The molecule has 0 aliphatic rings. The van der Waals surface area contributed by atoms with E-state index in [1.807, 2.05) is 6.07 Å². The molecule has 0 spiro atoms. The van der Waals surface area contributed by atoms with Crippen LogP contribution in [-0.4, -0.2) is 23.9 Å². The molecule has 0 fully saturated rings. The average Bonchev–Trinajstić information content (AvgIpc) is 2.30. The zero-order valence-corrected chi connectivity index (χ0v) is 12.9. The van der Waals surface area contributed by atoms with Gasteiger partial charge in [0, 0.05) is 13.0 Å². The molecule has 0 unspecified atom stereocenters. The van der Waals surface area contributed by atoms with Crippen LogP contribution < -0.4 is 10.1 Å². The van der Waals surface area contributed by atoms with Crippen molar-refractivity contribution in [1.29, 1.82) is 0 Å². The van der Waals surface area contributed by atoms with Gasteiger partial charge in [-0.25, -0.2) is 4.39 Å². The number of hydrogen-bond donors (Lipinski definition) is 2. The second kappa shape index (κ2) is 7.60. The molecule has 0 bridgehead atoms. The van der Waals surface area contributed by atoms with Gasteiger partial charge in [-0.1, -0.05) is 19.9 Å². The van der Waals surface area contributed by atoms with Gasteiger partial charge in [-0.2, -0.15) is 0 Å². The number of rotatable bonds is 8. The maximum atomic E-state index is 13.8. The van der Waals surface area contributed by atoms with E-state index in [1.54, 1.807) is 19.9 Å². The van der Waals surface area contributed by atoms with E-state index in [2.05, 4.69) is 19.2 Å². The Labute approximate surface area is 121 Å². The molecule has 0 heterocycles. The molecule has 0 aliphatic carbocycles. The predicted molar refractivity (Wildman–Crippen MR) is 79.4 cm³/mol. The first kappa shape index (κ1) is 16.9. The molecule has 1 rings (SSSR count). The van der Waals surface area contributed by atoms with Crippen molar-refractivity contribution in [1.82, 2.24) is 5.32 Å². The van der Waals surface area contributed by atoms with E-state index in [0.29, 0.717) is 25.5 Å². The highest BCUT2D eigenvalue weighted by Gasteiger charge is 2.13. The molecule has 0 atom stereocenters. The summed E-state index contributed by atoms with van der Waals surface area (Å²) in [4.78, 5) is 0. The smallest absolute Gasteiger partial charge is 0.165 e. The molecule has 114 valence electrons. The van der Waals surface area contributed by atoms with Crippen molar-refractivity contribution in [3.05, 3.63) is 29.6 Å². The third-order valence-electron chi connectivity index (χ3n) is 2.85. The van der Waals surface area contributed by atoms with E-state index >= 15 is 0 Å². The summed E-state index contributed by atoms with van der Waals surface area (Å²) in [6.45, 7) is 9.53. The number of ether oxygens (including phenoxy) is 1. The highest BCUT2D eigenvalue weighted by molar-refractivity contribution is 5.29. The Balaban J connectivity index is 2.47. The van der Waals surface area contributed by atoms with Crippen LogP contribution in [0.3, 0.4) is 0 Å². The lowest BCUT2D eigenvalue weighted by Gasteiger charge is -2.17. The molecule has 0 aliphatic heterocycles. The number of benzene rings is 1. The third kappa shape index (κ3) is 6.87. The number of halogens is 1. The standard InChI is InChI=1S/C16H26FNO2/c1-12(2)10-18-11-13-5-6-15(14(17)9-13)20-8-7-16(3,4)19/h5-6,9,12,18-19H,7-8,10-11H2,1-4H3.